The molecule has 1 aliphatic carbocycles. The Balaban J connectivity index is 2.34. The molecule has 134 valence electrons. The summed E-state index contributed by atoms with van der Waals surface area (Å²) in [4.78, 5) is 12.4. The Labute approximate surface area is 138 Å². The molecule has 0 saturated carbocycles. The normalized spacial score (nSPS) is 19.8. The van der Waals surface area contributed by atoms with Gasteiger partial charge in [-0.1, -0.05) is 0 Å². The van der Waals surface area contributed by atoms with Crippen molar-refractivity contribution in [2.24, 2.45) is 0 Å². The van der Waals surface area contributed by atoms with E-state index in [1.54, 1.807) is 6.08 Å². The van der Waals surface area contributed by atoms with E-state index in [0.29, 0.717) is 18.4 Å². The van der Waals surface area contributed by atoms with Gasteiger partial charge < -0.3 is 15.7 Å². The molecule has 0 spiro atoms. The van der Waals surface area contributed by atoms with Crippen molar-refractivity contribution in [3.8, 4) is 0 Å². The number of anilines is 2. The molecule has 3 N–H and O–H groups in total. The average molecular weight is 345 g/mol. The van der Waals surface area contributed by atoms with Crippen molar-refractivity contribution in [3.05, 3.63) is 11.9 Å². The Morgan fingerprint density at radius 1 is 1.12 bits per heavy atom. The number of nitrogens with zero attached hydrogens (tertiary/aromatic N) is 3. The summed E-state index contributed by atoms with van der Waals surface area (Å²) in [7, 11) is 0. The molecule has 0 fully saturated rings. The van der Waals surface area contributed by atoms with Crippen molar-refractivity contribution >= 4 is 17.5 Å². The number of aromatic nitrogens is 3. The third-order valence-electron chi connectivity index (χ3n) is 3.52. The number of nitrogens with one attached hydrogen (secondary N) is 2. The van der Waals surface area contributed by atoms with E-state index in [1.165, 1.54) is 0 Å². The number of aliphatic hydroxyl groups excluding tert-OH is 1. The van der Waals surface area contributed by atoms with Crippen LogP contribution in [0.4, 0.5) is 25.1 Å². The molecule has 1 aliphatic rings. The van der Waals surface area contributed by atoms with Gasteiger partial charge in [0.15, 0.2) is 5.82 Å². The summed E-state index contributed by atoms with van der Waals surface area (Å²) in [5, 5.41) is 15.0. The first-order chi connectivity index (χ1) is 11.1. The Kier molecular flexibility index (Phi) is 5.63. The molecule has 0 aromatic carbocycles. The highest BCUT2D eigenvalue weighted by Crippen LogP contribution is 2.27. The summed E-state index contributed by atoms with van der Waals surface area (Å²) in [5.41, 5.74) is 0.714. The van der Waals surface area contributed by atoms with E-state index >= 15 is 0 Å². The first kappa shape index (κ1) is 18.4. The Morgan fingerprint density at radius 3 is 2.29 bits per heavy atom. The predicted molar refractivity (Wildman–Crippen MR) is 85.6 cm³/mol. The maximum absolute atomic E-state index is 12.8. The van der Waals surface area contributed by atoms with Gasteiger partial charge in [0.25, 0.3) is 0 Å². The van der Waals surface area contributed by atoms with Crippen molar-refractivity contribution in [1.82, 2.24) is 15.0 Å². The maximum Gasteiger partial charge on any atom is 0.408 e. The van der Waals surface area contributed by atoms with Crippen LogP contribution in [0.25, 0.3) is 5.57 Å². The zero-order valence-corrected chi connectivity index (χ0v) is 13.9. The van der Waals surface area contributed by atoms with E-state index in [0.717, 1.165) is 13.3 Å². The molecular weight excluding hydrogens is 323 g/mol. The molecule has 0 bridgehead atoms. The summed E-state index contributed by atoms with van der Waals surface area (Å²) in [6.45, 7) is 4.75. The van der Waals surface area contributed by atoms with Crippen LogP contribution >= 0.6 is 0 Å². The molecule has 2 rings (SSSR count). The third kappa shape index (κ3) is 5.05. The van der Waals surface area contributed by atoms with E-state index in [-0.39, 0.29) is 23.8 Å². The van der Waals surface area contributed by atoms with Crippen molar-refractivity contribution in [1.29, 1.82) is 0 Å². The molecule has 1 aromatic rings. The summed E-state index contributed by atoms with van der Waals surface area (Å²) in [6, 6.07) is -1.77. The maximum atomic E-state index is 12.8. The van der Waals surface area contributed by atoms with Crippen LogP contribution in [0.1, 0.15) is 45.9 Å². The second-order valence-electron chi connectivity index (χ2n) is 6.16. The zero-order chi connectivity index (χ0) is 17.9. The minimum absolute atomic E-state index is 0.0130. The Bertz CT molecular complexity index is 603. The smallest absolute Gasteiger partial charge is 0.389 e. The molecule has 0 radical (unpaired) electrons. The van der Waals surface area contributed by atoms with Gasteiger partial charge in [-0.15, -0.1) is 0 Å². The molecule has 1 aromatic heterocycles. The van der Waals surface area contributed by atoms with Gasteiger partial charge in [0, 0.05) is 6.04 Å². The van der Waals surface area contributed by atoms with Crippen LogP contribution in [0.3, 0.4) is 0 Å². The fourth-order valence-electron chi connectivity index (χ4n) is 2.27. The van der Waals surface area contributed by atoms with E-state index < -0.39 is 18.3 Å². The summed E-state index contributed by atoms with van der Waals surface area (Å²) in [6.07, 6.45) is -1.25. The number of alkyl halides is 3. The fraction of sp³-hybridized carbons (Fsp3) is 0.667. The van der Waals surface area contributed by atoms with E-state index in [4.69, 9.17) is 0 Å². The SMILES string of the molecule is CC(C)Nc1nc(N[C@H](C)C(F)(F)F)nc(C2=C[C@@H](O)CCC2)n1. The molecular formula is C15H22F3N5O. The number of halogens is 3. The van der Waals surface area contributed by atoms with Crippen LogP contribution < -0.4 is 10.6 Å². The summed E-state index contributed by atoms with van der Waals surface area (Å²) >= 11 is 0. The van der Waals surface area contributed by atoms with Crippen LogP contribution in [0, 0.1) is 0 Å². The minimum Gasteiger partial charge on any atom is -0.389 e. The van der Waals surface area contributed by atoms with Crippen LogP contribution in [0.15, 0.2) is 6.08 Å². The summed E-state index contributed by atoms with van der Waals surface area (Å²) < 4.78 is 38.3. The Hall–Kier alpha value is -1.90. The largest absolute Gasteiger partial charge is 0.408 e. The van der Waals surface area contributed by atoms with E-state index in [9.17, 15) is 18.3 Å². The zero-order valence-electron chi connectivity index (χ0n) is 13.9. The highest BCUT2D eigenvalue weighted by atomic mass is 19.4. The van der Waals surface area contributed by atoms with Crippen LogP contribution in [0.2, 0.25) is 0 Å². The number of rotatable bonds is 5. The average Bonchev–Trinajstić information content (AvgIpc) is 2.45. The van der Waals surface area contributed by atoms with Gasteiger partial charge >= 0.3 is 6.18 Å². The van der Waals surface area contributed by atoms with Gasteiger partial charge in [-0.05, 0) is 51.7 Å². The van der Waals surface area contributed by atoms with E-state index in [1.807, 2.05) is 13.8 Å². The topological polar surface area (TPSA) is 83.0 Å². The van der Waals surface area contributed by atoms with Gasteiger partial charge in [-0.3, -0.25) is 0 Å². The lowest BCUT2D eigenvalue weighted by Crippen LogP contribution is -2.34. The first-order valence-corrected chi connectivity index (χ1v) is 7.90. The second-order valence-corrected chi connectivity index (χ2v) is 6.16. The van der Waals surface area contributed by atoms with Gasteiger partial charge in [0.1, 0.15) is 6.04 Å². The highest BCUT2D eigenvalue weighted by molar-refractivity contribution is 5.63. The quantitative estimate of drug-likeness (QED) is 0.761. The number of allylic oxidation sites excluding steroid dienone is 1. The molecule has 6 nitrogen and oxygen atoms in total. The molecule has 24 heavy (non-hydrogen) atoms. The fourth-order valence-corrected chi connectivity index (χ4v) is 2.27. The standard InChI is InChI=1S/C15H22F3N5O/c1-8(2)19-13-21-12(10-5-4-6-11(24)7-10)22-14(23-13)20-9(3)15(16,17)18/h7-9,11,24H,4-6H2,1-3H3,(H2,19,20,21,22,23)/t9-,11+/m1/s1. The lowest BCUT2D eigenvalue weighted by molar-refractivity contribution is -0.138. The first-order valence-electron chi connectivity index (χ1n) is 7.90. The summed E-state index contributed by atoms with van der Waals surface area (Å²) in [5.74, 6) is 0.338. The third-order valence-corrected chi connectivity index (χ3v) is 3.52. The van der Waals surface area contributed by atoms with Crippen molar-refractivity contribution in [2.45, 2.75) is 64.4 Å². The van der Waals surface area contributed by atoms with E-state index in [2.05, 4.69) is 25.6 Å². The molecule has 0 amide bonds. The Morgan fingerprint density at radius 2 is 1.75 bits per heavy atom. The lowest BCUT2D eigenvalue weighted by atomic mass is 9.97. The monoisotopic (exact) mass is 345 g/mol. The highest BCUT2D eigenvalue weighted by Gasteiger charge is 2.36. The van der Waals surface area contributed by atoms with Gasteiger partial charge in [0.05, 0.1) is 6.10 Å². The second kappa shape index (κ2) is 7.33. The molecule has 0 unspecified atom stereocenters. The van der Waals surface area contributed by atoms with Crippen LogP contribution in [-0.4, -0.2) is 44.4 Å². The molecule has 9 heteroatoms. The van der Waals surface area contributed by atoms with Crippen molar-refractivity contribution < 1.29 is 18.3 Å². The van der Waals surface area contributed by atoms with Crippen LogP contribution in [-0.2, 0) is 0 Å². The van der Waals surface area contributed by atoms with Gasteiger partial charge in [-0.25, -0.2) is 0 Å². The molecule has 0 saturated heterocycles. The van der Waals surface area contributed by atoms with Crippen molar-refractivity contribution in [3.63, 3.8) is 0 Å². The number of aliphatic hydroxyl groups is 1. The molecule has 2 atom stereocenters. The number of hydrogen-bond acceptors (Lipinski definition) is 6. The van der Waals surface area contributed by atoms with Gasteiger partial charge in [0.2, 0.25) is 11.9 Å². The lowest BCUT2D eigenvalue weighted by Gasteiger charge is -2.20. The van der Waals surface area contributed by atoms with Crippen LogP contribution in [0.5, 0.6) is 0 Å². The predicted octanol–water partition coefficient (Wildman–Crippen LogP) is 2.98. The van der Waals surface area contributed by atoms with Crippen molar-refractivity contribution in [2.75, 3.05) is 10.6 Å². The number of hydrogen-bond donors (Lipinski definition) is 3. The van der Waals surface area contributed by atoms with Gasteiger partial charge in [-0.2, -0.15) is 28.1 Å². The molecule has 1 heterocycles. The minimum atomic E-state index is -4.40. The molecule has 0 aliphatic heterocycles.